The van der Waals surface area contributed by atoms with E-state index in [0.717, 1.165) is 0 Å². The standard InChI is InChI=1S/C36H44N8O12/c1-35(2,3)55-33(53)41-15-25(47)37-13-23(45)39-17-27(49)43-21-11-12-22(30-29(21)31(51)19-9-7-8-10-20(19)32(30)52)44-28(50)18-40-24(46)14-38-26(48)16-42-34(54)56-36(4,5)6/h7-12H,13-18H2,1-6H3,(H,37,47)(H,38,48)(H,39,45)(H,40,46)(H,41,53)(H,42,54)(H,43,49)(H,44,50). The van der Waals surface area contributed by atoms with E-state index in [9.17, 15) is 47.9 Å². The molecule has 20 heteroatoms. The smallest absolute Gasteiger partial charge is 0.408 e. The van der Waals surface area contributed by atoms with Gasteiger partial charge >= 0.3 is 12.2 Å². The van der Waals surface area contributed by atoms with Crippen LogP contribution in [0.25, 0.3) is 0 Å². The summed E-state index contributed by atoms with van der Waals surface area (Å²) in [4.78, 5) is 125. The highest BCUT2D eigenvalue weighted by Crippen LogP contribution is 2.36. The lowest BCUT2D eigenvalue weighted by Crippen LogP contribution is -2.44. The number of carbonyl (C=O) groups is 10. The van der Waals surface area contributed by atoms with Gasteiger partial charge in [-0.05, 0) is 53.7 Å². The molecular weight excluding hydrogens is 736 g/mol. The van der Waals surface area contributed by atoms with Gasteiger partial charge in [0.25, 0.3) is 0 Å². The molecule has 1 aliphatic rings. The molecule has 0 radical (unpaired) electrons. The Bertz CT molecular complexity index is 1790. The quantitative estimate of drug-likeness (QED) is 0.106. The second-order valence-corrected chi connectivity index (χ2v) is 14.0. The second kappa shape index (κ2) is 18.9. The third-order valence-electron chi connectivity index (χ3n) is 6.99. The Morgan fingerprint density at radius 3 is 1.04 bits per heavy atom. The molecule has 8 N–H and O–H groups in total. The molecule has 0 bridgehead atoms. The van der Waals surface area contributed by atoms with Crippen LogP contribution < -0.4 is 42.5 Å². The van der Waals surface area contributed by atoms with Gasteiger partial charge in [0.15, 0.2) is 11.6 Å². The minimum Gasteiger partial charge on any atom is -0.444 e. The zero-order chi connectivity index (χ0) is 41.8. The molecule has 0 fully saturated rings. The summed E-state index contributed by atoms with van der Waals surface area (Å²) < 4.78 is 10.0. The summed E-state index contributed by atoms with van der Waals surface area (Å²) in [6, 6.07) is 8.48. The molecular formula is C36H44N8O12. The molecule has 2 aromatic carbocycles. The van der Waals surface area contributed by atoms with E-state index in [1.165, 1.54) is 24.3 Å². The van der Waals surface area contributed by atoms with Crippen molar-refractivity contribution >= 4 is 70.6 Å². The van der Waals surface area contributed by atoms with Crippen molar-refractivity contribution in [3.63, 3.8) is 0 Å². The minimum absolute atomic E-state index is 0.0461. The molecule has 3 rings (SSSR count). The Labute approximate surface area is 320 Å². The molecule has 0 aromatic heterocycles. The predicted octanol–water partition coefficient (Wildman–Crippen LogP) is -0.147. The van der Waals surface area contributed by atoms with E-state index in [1.54, 1.807) is 53.7 Å². The number of alkyl carbamates (subject to hydrolysis) is 2. The summed E-state index contributed by atoms with van der Waals surface area (Å²) in [6.07, 6.45) is -1.65. The van der Waals surface area contributed by atoms with E-state index in [2.05, 4.69) is 42.5 Å². The summed E-state index contributed by atoms with van der Waals surface area (Å²) in [6.45, 7) is 6.68. The van der Waals surface area contributed by atoms with Gasteiger partial charge in [0, 0.05) is 11.1 Å². The fourth-order valence-electron chi connectivity index (χ4n) is 4.72. The lowest BCUT2D eigenvalue weighted by Gasteiger charge is -2.23. The number of amides is 8. The SMILES string of the molecule is CC(C)(C)OC(=O)NCC(=O)NCC(=O)NCC(=O)Nc1ccc(NC(=O)CNC(=O)CNC(=O)CNC(=O)OC(C)(C)C)c2c1C(=O)c1ccccc1C2=O. The maximum absolute atomic E-state index is 13.7. The van der Waals surface area contributed by atoms with Crippen LogP contribution in [0.3, 0.4) is 0 Å². The Hall–Kier alpha value is -6.86. The number of fused-ring (bicyclic) bond motifs is 2. The molecule has 56 heavy (non-hydrogen) atoms. The first kappa shape index (κ1) is 43.5. The number of carbonyl (C=O) groups excluding carboxylic acids is 10. The van der Waals surface area contributed by atoms with Crippen molar-refractivity contribution in [1.82, 2.24) is 31.9 Å². The minimum atomic E-state index is -0.827. The Kier molecular flexibility index (Phi) is 14.7. The van der Waals surface area contributed by atoms with Gasteiger partial charge < -0.3 is 52.0 Å². The van der Waals surface area contributed by atoms with Gasteiger partial charge in [0.1, 0.15) is 24.3 Å². The Morgan fingerprint density at radius 1 is 0.446 bits per heavy atom. The number of rotatable bonds is 14. The molecule has 0 atom stereocenters. The van der Waals surface area contributed by atoms with Gasteiger partial charge in [0.05, 0.1) is 48.7 Å². The summed E-state index contributed by atoms with van der Waals surface area (Å²) in [5.74, 6) is -5.79. The topological polar surface area (TPSA) is 285 Å². The Morgan fingerprint density at radius 2 is 0.732 bits per heavy atom. The van der Waals surface area contributed by atoms with Crippen LogP contribution in [-0.4, -0.2) is 110 Å². The summed E-state index contributed by atoms with van der Waals surface area (Å²) >= 11 is 0. The van der Waals surface area contributed by atoms with Crippen molar-refractivity contribution in [3.8, 4) is 0 Å². The van der Waals surface area contributed by atoms with Gasteiger partial charge in [-0.15, -0.1) is 0 Å². The van der Waals surface area contributed by atoms with Gasteiger partial charge in [-0.3, -0.25) is 38.4 Å². The average Bonchev–Trinajstić information content (AvgIpc) is 3.10. The van der Waals surface area contributed by atoms with E-state index >= 15 is 0 Å². The fraction of sp³-hybridized carbons (Fsp3) is 0.389. The van der Waals surface area contributed by atoms with Crippen LogP contribution in [0, 0.1) is 0 Å². The zero-order valence-corrected chi connectivity index (χ0v) is 31.6. The summed E-state index contributed by atoms with van der Waals surface area (Å²) in [5.41, 5.74) is -2.12. The highest BCUT2D eigenvalue weighted by Gasteiger charge is 2.34. The third-order valence-corrected chi connectivity index (χ3v) is 6.99. The van der Waals surface area contributed by atoms with Crippen LogP contribution in [0.1, 0.15) is 73.4 Å². The number of hydrogen-bond donors (Lipinski definition) is 8. The van der Waals surface area contributed by atoms with E-state index in [-0.39, 0.29) is 33.6 Å². The monoisotopic (exact) mass is 780 g/mol. The molecule has 2 aromatic rings. The largest absolute Gasteiger partial charge is 0.444 e. The molecule has 0 aliphatic heterocycles. The van der Waals surface area contributed by atoms with Crippen molar-refractivity contribution in [2.45, 2.75) is 52.7 Å². The van der Waals surface area contributed by atoms with Crippen LogP contribution in [-0.2, 0) is 38.2 Å². The van der Waals surface area contributed by atoms with Crippen molar-refractivity contribution in [2.24, 2.45) is 0 Å². The average molecular weight is 781 g/mol. The van der Waals surface area contributed by atoms with Crippen LogP contribution in [0.2, 0.25) is 0 Å². The van der Waals surface area contributed by atoms with Crippen molar-refractivity contribution < 1.29 is 57.4 Å². The second-order valence-electron chi connectivity index (χ2n) is 14.0. The molecule has 0 unspecified atom stereocenters. The van der Waals surface area contributed by atoms with E-state index in [4.69, 9.17) is 9.47 Å². The lowest BCUT2D eigenvalue weighted by atomic mass is 9.82. The van der Waals surface area contributed by atoms with Crippen LogP contribution in [0.4, 0.5) is 21.0 Å². The molecule has 300 valence electrons. The zero-order valence-electron chi connectivity index (χ0n) is 31.6. The van der Waals surface area contributed by atoms with E-state index in [0.29, 0.717) is 0 Å². The lowest BCUT2D eigenvalue weighted by molar-refractivity contribution is -0.126. The van der Waals surface area contributed by atoms with Gasteiger partial charge in [-0.2, -0.15) is 0 Å². The number of nitrogens with one attached hydrogen (secondary N) is 8. The summed E-state index contributed by atoms with van der Waals surface area (Å²) in [5, 5.41) is 18.6. The number of hydrogen-bond acceptors (Lipinski definition) is 12. The molecule has 8 amide bonds. The van der Waals surface area contributed by atoms with Crippen molar-refractivity contribution in [3.05, 3.63) is 58.7 Å². The number of anilines is 2. The maximum Gasteiger partial charge on any atom is 0.408 e. The first-order valence-corrected chi connectivity index (χ1v) is 17.1. The number of ether oxygens (including phenoxy) is 2. The predicted molar refractivity (Wildman–Crippen MR) is 198 cm³/mol. The van der Waals surface area contributed by atoms with Crippen molar-refractivity contribution in [1.29, 1.82) is 0 Å². The van der Waals surface area contributed by atoms with Crippen LogP contribution >= 0.6 is 0 Å². The third kappa shape index (κ3) is 13.8. The normalized spacial score (nSPS) is 11.8. The highest BCUT2D eigenvalue weighted by atomic mass is 16.6. The molecule has 0 spiro atoms. The van der Waals surface area contributed by atoms with Gasteiger partial charge in [-0.25, -0.2) is 9.59 Å². The van der Waals surface area contributed by atoms with E-state index in [1.807, 2.05) is 0 Å². The fourth-order valence-corrected chi connectivity index (χ4v) is 4.72. The van der Waals surface area contributed by atoms with Crippen LogP contribution in [0.15, 0.2) is 36.4 Å². The van der Waals surface area contributed by atoms with Gasteiger partial charge in [0.2, 0.25) is 35.4 Å². The molecule has 0 saturated carbocycles. The van der Waals surface area contributed by atoms with E-state index < -0.39 is 110 Å². The first-order chi connectivity index (χ1) is 26.1. The molecule has 0 saturated heterocycles. The number of benzene rings is 2. The molecule has 20 nitrogen and oxygen atoms in total. The van der Waals surface area contributed by atoms with Gasteiger partial charge in [-0.1, -0.05) is 24.3 Å². The first-order valence-electron chi connectivity index (χ1n) is 17.1. The van der Waals surface area contributed by atoms with Crippen molar-refractivity contribution in [2.75, 3.05) is 49.9 Å². The molecule has 1 aliphatic carbocycles. The maximum atomic E-state index is 13.7. The Balaban J connectivity index is 1.59. The highest BCUT2D eigenvalue weighted by molar-refractivity contribution is 6.32. The van der Waals surface area contributed by atoms with Crippen LogP contribution in [0.5, 0.6) is 0 Å². The summed E-state index contributed by atoms with van der Waals surface area (Å²) in [7, 11) is 0. The number of ketones is 2. The molecule has 0 heterocycles.